The van der Waals surface area contributed by atoms with Crippen LogP contribution in [0.15, 0.2) is 18.3 Å². The highest BCUT2D eigenvalue weighted by atomic mass is 16.3. The van der Waals surface area contributed by atoms with Gasteiger partial charge in [0.2, 0.25) is 0 Å². The number of hydrogen-bond acceptors (Lipinski definition) is 4. The highest BCUT2D eigenvalue weighted by molar-refractivity contribution is 5.37. The first-order chi connectivity index (χ1) is 6.65. The summed E-state index contributed by atoms with van der Waals surface area (Å²) in [6, 6.07) is 5.51. The average molecular weight is 191 g/mol. The van der Waals surface area contributed by atoms with Crippen molar-refractivity contribution in [1.82, 2.24) is 4.98 Å². The Bertz CT molecular complexity index is 326. The Hall–Kier alpha value is -1.60. The van der Waals surface area contributed by atoms with Gasteiger partial charge in [-0.1, -0.05) is 6.07 Å². The van der Waals surface area contributed by atoms with E-state index in [4.69, 9.17) is 5.26 Å². The highest BCUT2D eigenvalue weighted by Crippen LogP contribution is 2.16. The van der Waals surface area contributed by atoms with Gasteiger partial charge in [0.1, 0.15) is 5.82 Å². The van der Waals surface area contributed by atoms with Crippen LogP contribution in [0, 0.1) is 11.3 Å². The molecule has 0 radical (unpaired) electrons. The Labute approximate surface area is 83.4 Å². The minimum absolute atomic E-state index is 0.100. The fourth-order valence-corrected chi connectivity index (χ4v) is 1.06. The first-order valence-corrected chi connectivity index (χ1v) is 4.33. The van der Waals surface area contributed by atoms with E-state index in [-0.39, 0.29) is 6.42 Å². The molecule has 14 heavy (non-hydrogen) atoms. The fourth-order valence-electron chi connectivity index (χ4n) is 1.06. The third-order valence-electron chi connectivity index (χ3n) is 1.90. The Morgan fingerprint density at radius 2 is 2.29 bits per heavy atom. The van der Waals surface area contributed by atoms with Crippen molar-refractivity contribution in [3.05, 3.63) is 23.9 Å². The molecule has 0 saturated carbocycles. The van der Waals surface area contributed by atoms with Crippen molar-refractivity contribution in [2.75, 3.05) is 19.0 Å². The molecule has 1 rings (SSSR count). The normalized spacial score (nSPS) is 11.9. The van der Waals surface area contributed by atoms with Crippen LogP contribution in [0.1, 0.15) is 18.1 Å². The van der Waals surface area contributed by atoms with E-state index in [1.54, 1.807) is 12.3 Å². The molecule has 1 N–H and O–H groups in total. The van der Waals surface area contributed by atoms with Gasteiger partial charge in [0.25, 0.3) is 0 Å². The first kappa shape index (κ1) is 10.5. The van der Waals surface area contributed by atoms with Gasteiger partial charge in [0.05, 0.1) is 18.6 Å². The smallest absolute Gasteiger partial charge is 0.127 e. The molecule has 1 aromatic heterocycles. The summed E-state index contributed by atoms with van der Waals surface area (Å²) < 4.78 is 0. The van der Waals surface area contributed by atoms with Crippen molar-refractivity contribution < 1.29 is 5.11 Å². The fraction of sp³-hybridized carbons (Fsp3) is 0.400. The predicted octanol–water partition coefficient (Wildman–Crippen LogP) is 1.09. The van der Waals surface area contributed by atoms with Gasteiger partial charge in [-0.05, 0) is 11.6 Å². The standard InChI is InChI=1S/C10H13N3O/c1-13(2)10-4-3-8(7-12-10)9(14)5-6-11/h3-4,7,9,14H,5H2,1-2H3. The van der Waals surface area contributed by atoms with E-state index in [2.05, 4.69) is 4.98 Å². The molecule has 4 nitrogen and oxygen atoms in total. The third kappa shape index (κ3) is 2.44. The number of hydrogen-bond donors (Lipinski definition) is 1. The van der Waals surface area contributed by atoms with Gasteiger partial charge in [-0.15, -0.1) is 0 Å². The predicted molar refractivity (Wildman–Crippen MR) is 53.8 cm³/mol. The summed E-state index contributed by atoms with van der Waals surface area (Å²) in [7, 11) is 3.79. The number of pyridine rings is 1. The van der Waals surface area contributed by atoms with Crippen molar-refractivity contribution in [3.63, 3.8) is 0 Å². The molecule has 74 valence electrons. The molecular weight excluding hydrogens is 178 g/mol. The maximum Gasteiger partial charge on any atom is 0.127 e. The van der Waals surface area contributed by atoms with Crippen molar-refractivity contribution in [2.45, 2.75) is 12.5 Å². The van der Waals surface area contributed by atoms with E-state index in [0.29, 0.717) is 5.56 Å². The van der Waals surface area contributed by atoms with Crippen LogP contribution in [-0.4, -0.2) is 24.2 Å². The molecule has 0 spiro atoms. The number of aromatic nitrogens is 1. The lowest BCUT2D eigenvalue weighted by Gasteiger charge is -2.12. The second-order valence-corrected chi connectivity index (χ2v) is 3.22. The Kier molecular flexibility index (Phi) is 3.43. The van der Waals surface area contributed by atoms with Gasteiger partial charge in [-0.25, -0.2) is 4.98 Å². The highest BCUT2D eigenvalue weighted by Gasteiger charge is 2.07. The summed E-state index contributed by atoms with van der Waals surface area (Å²) in [5.74, 6) is 0.831. The van der Waals surface area contributed by atoms with Crippen molar-refractivity contribution >= 4 is 5.82 Å². The Morgan fingerprint density at radius 1 is 1.57 bits per heavy atom. The minimum Gasteiger partial charge on any atom is -0.387 e. The molecule has 0 bridgehead atoms. The summed E-state index contributed by atoms with van der Waals surface area (Å²) in [5, 5.41) is 17.9. The second kappa shape index (κ2) is 4.58. The lowest BCUT2D eigenvalue weighted by atomic mass is 10.1. The zero-order valence-electron chi connectivity index (χ0n) is 8.31. The molecule has 1 unspecified atom stereocenters. The van der Waals surface area contributed by atoms with Crippen LogP contribution >= 0.6 is 0 Å². The number of aliphatic hydroxyl groups excluding tert-OH is 1. The van der Waals surface area contributed by atoms with E-state index in [1.807, 2.05) is 31.1 Å². The molecule has 0 amide bonds. The van der Waals surface area contributed by atoms with Crippen molar-refractivity contribution in [3.8, 4) is 6.07 Å². The number of rotatable bonds is 3. The quantitative estimate of drug-likeness (QED) is 0.777. The number of anilines is 1. The zero-order valence-corrected chi connectivity index (χ0v) is 8.31. The summed E-state index contributed by atoms with van der Waals surface area (Å²) in [6.45, 7) is 0. The molecule has 1 atom stereocenters. The number of aliphatic hydroxyl groups is 1. The van der Waals surface area contributed by atoms with Crippen LogP contribution < -0.4 is 4.90 Å². The van der Waals surface area contributed by atoms with E-state index < -0.39 is 6.10 Å². The lowest BCUT2D eigenvalue weighted by Crippen LogP contribution is -2.10. The van der Waals surface area contributed by atoms with Crippen LogP contribution in [0.2, 0.25) is 0 Å². The molecular formula is C10H13N3O. The lowest BCUT2D eigenvalue weighted by molar-refractivity contribution is 0.183. The van der Waals surface area contributed by atoms with Gasteiger partial charge < -0.3 is 10.0 Å². The summed E-state index contributed by atoms with van der Waals surface area (Å²) in [4.78, 5) is 6.01. The Balaban J connectivity index is 2.78. The van der Waals surface area contributed by atoms with Crippen LogP contribution in [0.3, 0.4) is 0 Å². The Morgan fingerprint density at radius 3 is 2.71 bits per heavy atom. The van der Waals surface area contributed by atoms with E-state index in [1.165, 1.54) is 0 Å². The van der Waals surface area contributed by atoms with Crippen molar-refractivity contribution in [1.29, 1.82) is 5.26 Å². The summed E-state index contributed by atoms with van der Waals surface area (Å²) >= 11 is 0. The molecule has 0 aliphatic carbocycles. The monoisotopic (exact) mass is 191 g/mol. The molecule has 0 fully saturated rings. The minimum atomic E-state index is -0.733. The SMILES string of the molecule is CN(C)c1ccc(C(O)CC#N)cn1. The average Bonchev–Trinajstić information content (AvgIpc) is 2.18. The van der Waals surface area contributed by atoms with E-state index >= 15 is 0 Å². The largest absolute Gasteiger partial charge is 0.387 e. The molecule has 4 heteroatoms. The molecule has 1 heterocycles. The third-order valence-corrected chi connectivity index (χ3v) is 1.90. The van der Waals surface area contributed by atoms with Crippen molar-refractivity contribution in [2.24, 2.45) is 0 Å². The maximum absolute atomic E-state index is 9.47. The van der Waals surface area contributed by atoms with Gasteiger partial charge in [-0.3, -0.25) is 0 Å². The van der Waals surface area contributed by atoms with Gasteiger partial charge >= 0.3 is 0 Å². The van der Waals surface area contributed by atoms with E-state index in [0.717, 1.165) is 5.82 Å². The molecule has 1 aromatic rings. The maximum atomic E-state index is 9.47. The second-order valence-electron chi connectivity index (χ2n) is 3.22. The van der Waals surface area contributed by atoms with Crippen LogP contribution in [0.25, 0.3) is 0 Å². The number of nitrogens with zero attached hydrogens (tertiary/aromatic N) is 3. The first-order valence-electron chi connectivity index (χ1n) is 4.33. The van der Waals surface area contributed by atoms with Gasteiger partial charge in [0, 0.05) is 20.3 Å². The molecule has 0 saturated heterocycles. The van der Waals surface area contributed by atoms with Crippen LogP contribution in [0.4, 0.5) is 5.82 Å². The van der Waals surface area contributed by atoms with Gasteiger partial charge in [0.15, 0.2) is 0 Å². The summed E-state index contributed by atoms with van der Waals surface area (Å²) in [5.41, 5.74) is 0.678. The van der Waals surface area contributed by atoms with Crippen LogP contribution in [0.5, 0.6) is 0 Å². The topological polar surface area (TPSA) is 60.1 Å². The zero-order chi connectivity index (χ0) is 10.6. The molecule has 0 aliphatic rings. The summed E-state index contributed by atoms with van der Waals surface area (Å²) in [6.07, 6.45) is 0.962. The molecule has 0 aromatic carbocycles. The molecule has 0 aliphatic heterocycles. The van der Waals surface area contributed by atoms with Crippen LogP contribution in [-0.2, 0) is 0 Å². The number of nitriles is 1. The van der Waals surface area contributed by atoms with Gasteiger partial charge in [-0.2, -0.15) is 5.26 Å². The van der Waals surface area contributed by atoms with E-state index in [9.17, 15) is 5.11 Å².